The highest BCUT2D eigenvalue weighted by Crippen LogP contribution is 2.11. The van der Waals surface area contributed by atoms with Crippen molar-refractivity contribution in [2.75, 3.05) is 19.6 Å². The second-order valence-electron chi connectivity index (χ2n) is 8.37. The first-order valence-corrected chi connectivity index (χ1v) is 10.5. The van der Waals surface area contributed by atoms with Crippen molar-refractivity contribution >= 4 is 18.1 Å². The predicted molar refractivity (Wildman–Crippen MR) is 113 cm³/mol. The van der Waals surface area contributed by atoms with Crippen LogP contribution in [0.3, 0.4) is 0 Å². The SMILES string of the molecule is CC(C)(C)OC(=O)NC1CCCCN(C(=O)OCc2ccccc2)CCCNC1=O. The van der Waals surface area contributed by atoms with Gasteiger partial charge in [0.1, 0.15) is 18.2 Å². The molecule has 30 heavy (non-hydrogen) atoms. The maximum absolute atomic E-state index is 12.5. The van der Waals surface area contributed by atoms with E-state index in [9.17, 15) is 14.4 Å². The molecule has 1 saturated heterocycles. The van der Waals surface area contributed by atoms with E-state index < -0.39 is 17.7 Å². The highest BCUT2D eigenvalue weighted by Gasteiger charge is 2.25. The molecule has 0 radical (unpaired) electrons. The fourth-order valence-electron chi connectivity index (χ4n) is 3.08. The molecular weight excluding hydrogens is 386 g/mol. The number of nitrogens with one attached hydrogen (secondary N) is 2. The van der Waals surface area contributed by atoms with Gasteiger partial charge < -0.3 is 25.0 Å². The number of rotatable bonds is 3. The van der Waals surface area contributed by atoms with Crippen LogP contribution < -0.4 is 10.6 Å². The normalized spacial score (nSPS) is 18.6. The smallest absolute Gasteiger partial charge is 0.410 e. The molecule has 1 aliphatic heterocycles. The quantitative estimate of drug-likeness (QED) is 0.784. The monoisotopic (exact) mass is 419 g/mol. The molecule has 1 aromatic rings. The maximum atomic E-state index is 12.5. The van der Waals surface area contributed by atoms with E-state index in [4.69, 9.17) is 9.47 Å². The second-order valence-corrected chi connectivity index (χ2v) is 8.37. The summed E-state index contributed by atoms with van der Waals surface area (Å²) in [6.45, 7) is 7.00. The van der Waals surface area contributed by atoms with E-state index in [2.05, 4.69) is 10.6 Å². The van der Waals surface area contributed by atoms with Gasteiger partial charge in [0.05, 0.1) is 0 Å². The van der Waals surface area contributed by atoms with E-state index in [0.717, 1.165) is 5.56 Å². The Morgan fingerprint density at radius 3 is 2.53 bits per heavy atom. The van der Waals surface area contributed by atoms with Crippen LogP contribution in [0.4, 0.5) is 9.59 Å². The molecule has 0 aliphatic carbocycles. The van der Waals surface area contributed by atoms with Gasteiger partial charge in [-0.15, -0.1) is 0 Å². The molecule has 0 bridgehead atoms. The predicted octanol–water partition coefficient (Wildman–Crippen LogP) is 3.21. The summed E-state index contributed by atoms with van der Waals surface area (Å²) >= 11 is 0. The number of benzene rings is 1. The Kier molecular flexibility index (Phi) is 8.95. The molecule has 1 unspecified atom stereocenters. The van der Waals surface area contributed by atoms with E-state index in [-0.39, 0.29) is 18.6 Å². The van der Waals surface area contributed by atoms with E-state index in [1.807, 2.05) is 30.3 Å². The minimum absolute atomic E-state index is 0.231. The zero-order chi connectivity index (χ0) is 22.0. The van der Waals surface area contributed by atoms with Gasteiger partial charge >= 0.3 is 12.2 Å². The van der Waals surface area contributed by atoms with Gasteiger partial charge in [-0.25, -0.2) is 9.59 Å². The standard InChI is InChI=1S/C22H33N3O5/c1-22(2,3)30-20(27)24-18-12-7-8-14-25(15-9-13-23-19(18)26)21(28)29-16-17-10-5-4-6-11-17/h4-6,10-11,18H,7-9,12-16H2,1-3H3,(H,23,26)(H,24,27). The van der Waals surface area contributed by atoms with Crippen molar-refractivity contribution in [1.82, 2.24) is 15.5 Å². The molecule has 1 heterocycles. The zero-order valence-electron chi connectivity index (χ0n) is 18.1. The molecule has 0 aromatic heterocycles. The summed E-state index contributed by atoms with van der Waals surface area (Å²) in [5.41, 5.74) is 0.307. The van der Waals surface area contributed by atoms with Crippen molar-refractivity contribution in [3.63, 3.8) is 0 Å². The fourth-order valence-corrected chi connectivity index (χ4v) is 3.08. The molecule has 3 amide bonds. The van der Waals surface area contributed by atoms with E-state index in [1.54, 1.807) is 25.7 Å². The van der Waals surface area contributed by atoms with Gasteiger partial charge in [0.2, 0.25) is 5.91 Å². The molecule has 8 heteroatoms. The molecule has 1 aromatic carbocycles. The maximum Gasteiger partial charge on any atom is 0.410 e. The Morgan fingerprint density at radius 2 is 1.83 bits per heavy atom. The number of ether oxygens (including phenoxy) is 2. The van der Waals surface area contributed by atoms with Crippen molar-refractivity contribution in [2.24, 2.45) is 0 Å². The molecule has 166 valence electrons. The summed E-state index contributed by atoms with van der Waals surface area (Å²) in [6, 6.07) is 8.89. The molecule has 8 nitrogen and oxygen atoms in total. The Labute approximate surface area is 178 Å². The van der Waals surface area contributed by atoms with Crippen LogP contribution in [0.15, 0.2) is 30.3 Å². The van der Waals surface area contributed by atoms with Crippen LogP contribution in [0.2, 0.25) is 0 Å². The third kappa shape index (κ3) is 8.71. The Morgan fingerprint density at radius 1 is 1.13 bits per heavy atom. The molecule has 1 atom stereocenters. The lowest BCUT2D eigenvalue weighted by Gasteiger charge is -2.23. The average Bonchev–Trinajstić information content (AvgIpc) is 2.72. The number of alkyl carbamates (subject to hydrolysis) is 1. The Bertz CT molecular complexity index is 702. The molecular formula is C22H33N3O5. The summed E-state index contributed by atoms with van der Waals surface area (Å²) in [5, 5.41) is 5.48. The third-order valence-corrected chi connectivity index (χ3v) is 4.55. The van der Waals surface area contributed by atoms with Crippen molar-refractivity contribution in [3.05, 3.63) is 35.9 Å². The molecule has 0 saturated carbocycles. The third-order valence-electron chi connectivity index (χ3n) is 4.55. The summed E-state index contributed by atoms with van der Waals surface area (Å²) in [6.07, 6.45) is 1.50. The molecule has 1 fully saturated rings. The van der Waals surface area contributed by atoms with Gasteiger partial charge in [-0.2, -0.15) is 0 Å². The molecule has 0 spiro atoms. The lowest BCUT2D eigenvalue weighted by atomic mass is 10.1. The van der Waals surface area contributed by atoms with Crippen molar-refractivity contribution < 1.29 is 23.9 Å². The van der Waals surface area contributed by atoms with Crippen LogP contribution in [-0.4, -0.2) is 54.3 Å². The summed E-state index contributed by atoms with van der Waals surface area (Å²) in [4.78, 5) is 38.6. The van der Waals surface area contributed by atoms with Crippen LogP contribution in [0, 0.1) is 0 Å². The van der Waals surface area contributed by atoms with Crippen molar-refractivity contribution in [3.8, 4) is 0 Å². The lowest BCUT2D eigenvalue weighted by molar-refractivity contribution is -0.123. The number of hydrogen-bond acceptors (Lipinski definition) is 5. The van der Waals surface area contributed by atoms with Crippen molar-refractivity contribution in [1.29, 1.82) is 0 Å². The van der Waals surface area contributed by atoms with Gasteiger partial charge in [0.25, 0.3) is 0 Å². The Hall–Kier alpha value is -2.77. The number of nitrogens with zero attached hydrogens (tertiary/aromatic N) is 1. The van der Waals surface area contributed by atoms with E-state index in [1.165, 1.54) is 0 Å². The Balaban J connectivity index is 1.86. The van der Waals surface area contributed by atoms with Gasteiger partial charge in [0, 0.05) is 19.6 Å². The van der Waals surface area contributed by atoms with Gasteiger partial charge in [0.15, 0.2) is 0 Å². The average molecular weight is 420 g/mol. The van der Waals surface area contributed by atoms with E-state index in [0.29, 0.717) is 45.3 Å². The van der Waals surface area contributed by atoms with Gasteiger partial charge in [-0.05, 0) is 52.0 Å². The van der Waals surface area contributed by atoms with Crippen molar-refractivity contribution in [2.45, 2.75) is 64.7 Å². The van der Waals surface area contributed by atoms with E-state index >= 15 is 0 Å². The van der Waals surface area contributed by atoms with Gasteiger partial charge in [-0.1, -0.05) is 30.3 Å². The number of carbonyl (C=O) groups is 3. The lowest BCUT2D eigenvalue weighted by Crippen LogP contribution is -2.48. The number of amides is 3. The zero-order valence-corrected chi connectivity index (χ0v) is 18.1. The van der Waals surface area contributed by atoms with Gasteiger partial charge in [-0.3, -0.25) is 4.79 Å². The highest BCUT2D eigenvalue weighted by molar-refractivity contribution is 5.85. The molecule has 1 aliphatic rings. The minimum atomic E-state index is -0.656. The van der Waals surface area contributed by atoms with Crippen LogP contribution in [0.5, 0.6) is 0 Å². The topological polar surface area (TPSA) is 97.0 Å². The fraction of sp³-hybridized carbons (Fsp3) is 0.591. The minimum Gasteiger partial charge on any atom is -0.445 e. The summed E-state index contributed by atoms with van der Waals surface area (Å²) in [7, 11) is 0. The van der Waals surface area contributed by atoms with Crippen LogP contribution in [0.1, 0.15) is 52.0 Å². The second kappa shape index (κ2) is 11.4. The van der Waals surface area contributed by atoms with Crippen LogP contribution >= 0.6 is 0 Å². The first kappa shape index (κ1) is 23.5. The van der Waals surface area contributed by atoms with Crippen LogP contribution in [-0.2, 0) is 20.9 Å². The molecule has 2 rings (SSSR count). The largest absolute Gasteiger partial charge is 0.445 e. The number of hydrogen-bond donors (Lipinski definition) is 2. The molecule has 2 N–H and O–H groups in total. The first-order valence-electron chi connectivity index (χ1n) is 10.5. The first-order chi connectivity index (χ1) is 14.2. The summed E-state index contributed by atoms with van der Waals surface area (Å²) in [5.74, 6) is -0.235. The number of carbonyl (C=O) groups excluding carboxylic acids is 3. The van der Waals surface area contributed by atoms with Crippen LogP contribution in [0.25, 0.3) is 0 Å². The summed E-state index contributed by atoms with van der Waals surface area (Å²) < 4.78 is 10.7. The highest BCUT2D eigenvalue weighted by atomic mass is 16.6.